The molecule has 0 bridgehead atoms. The number of carbonyl (C=O) groups is 1. The Kier molecular flexibility index (Phi) is 5.02. The molecule has 2 heterocycles. The Bertz CT molecular complexity index is 444. The van der Waals surface area contributed by atoms with Gasteiger partial charge in [0.2, 0.25) is 0 Å². The van der Waals surface area contributed by atoms with E-state index >= 15 is 0 Å². The van der Waals surface area contributed by atoms with E-state index in [1.165, 1.54) is 32.8 Å². The molecular formula is C15H24N2O2S. The van der Waals surface area contributed by atoms with Crippen LogP contribution in [-0.4, -0.2) is 31.2 Å². The van der Waals surface area contributed by atoms with Crippen molar-refractivity contribution >= 4 is 22.4 Å². The molecule has 0 N–H and O–H groups in total. The molecule has 4 nitrogen and oxygen atoms in total. The smallest absolute Gasteiger partial charge is 0.311 e. The van der Waals surface area contributed by atoms with Gasteiger partial charge in [0.05, 0.1) is 19.2 Å². The summed E-state index contributed by atoms with van der Waals surface area (Å²) in [4.78, 5) is 18.2. The summed E-state index contributed by atoms with van der Waals surface area (Å²) in [6.07, 6.45) is 5.29. The average molecular weight is 296 g/mol. The van der Waals surface area contributed by atoms with Crippen molar-refractivity contribution in [3.05, 3.63) is 11.1 Å². The molecule has 0 radical (unpaired) electrons. The van der Waals surface area contributed by atoms with E-state index in [9.17, 15) is 4.79 Å². The molecule has 112 valence electrons. The van der Waals surface area contributed by atoms with Gasteiger partial charge in [-0.3, -0.25) is 4.79 Å². The van der Waals surface area contributed by atoms with Crippen LogP contribution in [0.5, 0.6) is 0 Å². The van der Waals surface area contributed by atoms with Crippen molar-refractivity contribution in [3.8, 4) is 0 Å². The van der Waals surface area contributed by atoms with Gasteiger partial charge in [0.25, 0.3) is 0 Å². The van der Waals surface area contributed by atoms with Crippen molar-refractivity contribution < 1.29 is 9.53 Å². The zero-order chi connectivity index (χ0) is 14.6. The van der Waals surface area contributed by atoms with E-state index in [0.717, 1.165) is 23.9 Å². The average Bonchev–Trinajstić information content (AvgIpc) is 2.95. The van der Waals surface area contributed by atoms with Crippen LogP contribution in [0.25, 0.3) is 0 Å². The van der Waals surface area contributed by atoms with Gasteiger partial charge in [-0.1, -0.05) is 26.7 Å². The van der Waals surface area contributed by atoms with Crippen LogP contribution in [-0.2, 0) is 16.0 Å². The van der Waals surface area contributed by atoms with Crippen LogP contribution < -0.4 is 4.90 Å². The summed E-state index contributed by atoms with van der Waals surface area (Å²) in [6, 6.07) is 0. The molecule has 20 heavy (non-hydrogen) atoms. The lowest BCUT2D eigenvalue weighted by Gasteiger charge is -2.40. The van der Waals surface area contributed by atoms with Gasteiger partial charge in [-0.2, -0.15) is 0 Å². The van der Waals surface area contributed by atoms with Gasteiger partial charge in [-0.15, -0.1) is 11.3 Å². The number of ether oxygens (including phenoxy) is 1. The second-order valence-corrected chi connectivity index (χ2v) is 6.41. The fourth-order valence-electron chi connectivity index (χ4n) is 2.87. The molecule has 5 heteroatoms. The number of carbonyl (C=O) groups excluding carboxylic acids is 1. The first-order valence-electron chi connectivity index (χ1n) is 7.38. The minimum absolute atomic E-state index is 0.225. The largest absolute Gasteiger partial charge is 0.469 e. The minimum Gasteiger partial charge on any atom is -0.469 e. The molecule has 1 saturated heterocycles. The summed E-state index contributed by atoms with van der Waals surface area (Å²) >= 11 is 1.63. The predicted molar refractivity (Wildman–Crippen MR) is 82.3 cm³/mol. The fourth-order valence-corrected chi connectivity index (χ4v) is 3.75. The highest BCUT2D eigenvalue weighted by Crippen LogP contribution is 2.39. The number of rotatable bonds is 5. The molecule has 1 aromatic rings. The van der Waals surface area contributed by atoms with Crippen LogP contribution in [0.1, 0.15) is 45.2 Å². The summed E-state index contributed by atoms with van der Waals surface area (Å²) in [5.74, 6) is -0.225. The van der Waals surface area contributed by atoms with Gasteiger partial charge in [0.1, 0.15) is 0 Å². The van der Waals surface area contributed by atoms with E-state index in [0.29, 0.717) is 5.41 Å². The minimum atomic E-state index is -0.225. The number of anilines is 1. The molecule has 0 aliphatic carbocycles. The number of piperidine rings is 1. The molecule has 1 aliphatic rings. The molecule has 0 atom stereocenters. The zero-order valence-electron chi connectivity index (χ0n) is 12.6. The third kappa shape index (κ3) is 3.32. The van der Waals surface area contributed by atoms with Crippen molar-refractivity contribution in [2.75, 3.05) is 25.1 Å². The molecular weight excluding hydrogens is 272 g/mol. The van der Waals surface area contributed by atoms with Crippen molar-refractivity contribution in [3.63, 3.8) is 0 Å². The van der Waals surface area contributed by atoms with Gasteiger partial charge in [0, 0.05) is 18.5 Å². The maximum absolute atomic E-state index is 11.3. The lowest BCUT2D eigenvalue weighted by Crippen LogP contribution is -2.39. The summed E-state index contributed by atoms with van der Waals surface area (Å²) in [5.41, 5.74) is 1.35. The summed E-state index contributed by atoms with van der Waals surface area (Å²) in [5, 5.41) is 3.01. The third-order valence-electron chi connectivity index (χ3n) is 4.69. The Balaban J connectivity index is 1.95. The van der Waals surface area contributed by atoms with Crippen LogP contribution in [0, 0.1) is 5.41 Å². The lowest BCUT2D eigenvalue weighted by atomic mass is 9.74. The van der Waals surface area contributed by atoms with E-state index in [2.05, 4.69) is 28.5 Å². The van der Waals surface area contributed by atoms with Crippen molar-refractivity contribution in [2.45, 2.75) is 46.0 Å². The number of nitrogens with zero attached hydrogens (tertiary/aromatic N) is 2. The van der Waals surface area contributed by atoms with Gasteiger partial charge >= 0.3 is 5.97 Å². The fraction of sp³-hybridized carbons (Fsp3) is 0.733. The van der Waals surface area contributed by atoms with Crippen molar-refractivity contribution in [2.24, 2.45) is 5.41 Å². The molecule has 1 fully saturated rings. The zero-order valence-corrected chi connectivity index (χ0v) is 13.5. The van der Waals surface area contributed by atoms with Gasteiger partial charge in [0.15, 0.2) is 5.13 Å². The maximum atomic E-state index is 11.3. The Morgan fingerprint density at radius 3 is 2.60 bits per heavy atom. The van der Waals surface area contributed by atoms with E-state index in [1.54, 1.807) is 11.3 Å². The number of methoxy groups -OCH3 is 1. The van der Waals surface area contributed by atoms with Crippen LogP contribution in [0.2, 0.25) is 0 Å². The highest BCUT2D eigenvalue weighted by molar-refractivity contribution is 7.13. The van der Waals surface area contributed by atoms with E-state index in [4.69, 9.17) is 0 Å². The monoisotopic (exact) mass is 296 g/mol. The molecule has 1 aromatic heterocycles. The van der Waals surface area contributed by atoms with Crippen LogP contribution in [0.3, 0.4) is 0 Å². The Labute approximate surface area is 125 Å². The van der Waals surface area contributed by atoms with Crippen molar-refractivity contribution in [1.29, 1.82) is 0 Å². The van der Waals surface area contributed by atoms with Crippen molar-refractivity contribution in [1.82, 2.24) is 4.98 Å². The molecule has 0 unspecified atom stereocenters. The highest BCUT2D eigenvalue weighted by Gasteiger charge is 2.32. The van der Waals surface area contributed by atoms with E-state index in [1.807, 2.05) is 5.38 Å². The molecule has 1 aliphatic heterocycles. The number of hydrogen-bond donors (Lipinski definition) is 0. The Morgan fingerprint density at radius 2 is 2.05 bits per heavy atom. The Hall–Kier alpha value is -1.10. The summed E-state index contributed by atoms with van der Waals surface area (Å²) < 4.78 is 4.68. The van der Waals surface area contributed by atoms with Gasteiger partial charge in [-0.25, -0.2) is 4.98 Å². The van der Waals surface area contributed by atoms with E-state index < -0.39 is 0 Å². The standard InChI is InChI=1S/C15H24N2O2S/c1-4-15(5-2)6-8-17(9-7-15)14-16-12(11-20-14)10-13(18)19-3/h11H,4-10H2,1-3H3. The second-order valence-electron chi connectivity index (χ2n) is 5.57. The van der Waals surface area contributed by atoms with Gasteiger partial charge < -0.3 is 9.64 Å². The molecule has 0 spiro atoms. The SMILES string of the molecule is CCC1(CC)CCN(c2nc(CC(=O)OC)cs2)CC1. The first kappa shape index (κ1) is 15.3. The number of thiazole rings is 1. The lowest BCUT2D eigenvalue weighted by molar-refractivity contribution is -0.139. The maximum Gasteiger partial charge on any atom is 0.311 e. The van der Waals surface area contributed by atoms with Crippen LogP contribution in [0.4, 0.5) is 5.13 Å². The van der Waals surface area contributed by atoms with E-state index in [-0.39, 0.29) is 12.4 Å². The number of esters is 1. The normalized spacial score (nSPS) is 18.1. The summed E-state index contributed by atoms with van der Waals surface area (Å²) in [6.45, 7) is 6.76. The topological polar surface area (TPSA) is 42.4 Å². The molecule has 0 amide bonds. The van der Waals surface area contributed by atoms with Crippen LogP contribution in [0.15, 0.2) is 5.38 Å². The summed E-state index contributed by atoms with van der Waals surface area (Å²) in [7, 11) is 1.41. The first-order valence-corrected chi connectivity index (χ1v) is 8.26. The third-order valence-corrected chi connectivity index (χ3v) is 5.64. The quantitative estimate of drug-likeness (QED) is 0.782. The van der Waals surface area contributed by atoms with Gasteiger partial charge in [-0.05, 0) is 18.3 Å². The molecule has 0 saturated carbocycles. The first-order chi connectivity index (χ1) is 9.62. The molecule has 2 rings (SSSR count). The number of hydrogen-bond acceptors (Lipinski definition) is 5. The molecule has 0 aromatic carbocycles. The van der Waals surface area contributed by atoms with Crippen LogP contribution >= 0.6 is 11.3 Å². The number of aromatic nitrogens is 1. The Morgan fingerprint density at radius 1 is 1.40 bits per heavy atom. The highest BCUT2D eigenvalue weighted by atomic mass is 32.1. The second kappa shape index (κ2) is 6.57. The predicted octanol–water partition coefficient (Wildman–Crippen LogP) is 3.27.